The monoisotopic (exact) mass is 317 g/mol. The van der Waals surface area contributed by atoms with Crippen LogP contribution in [0.15, 0.2) is 24.3 Å². The standard InChI is InChI=1S/C15H25O4P.H3N/c1-2-3-4-5-6-7-8-11-14-12-9-10-13-15(14)19-20(16,17)18;/h9-10,12-13H,2-8,11H2,1H3,(H2,16,17,18);1H3. The Morgan fingerprint density at radius 2 is 1.57 bits per heavy atom. The zero-order chi connectivity index (χ0) is 14.8. The smallest absolute Gasteiger partial charge is 0.404 e. The number of phosphoric acid groups is 1. The first-order valence-corrected chi connectivity index (χ1v) is 8.89. The van der Waals surface area contributed by atoms with Crippen molar-refractivity contribution >= 4 is 7.82 Å². The third kappa shape index (κ3) is 9.64. The fourth-order valence-corrected chi connectivity index (χ4v) is 2.63. The lowest BCUT2D eigenvalue weighted by atomic mass is 10.0. The molecule has 21 heavy (non-hydrogen) atoms. The van der Waals surface area contributed by atoms with E-state index in [1.165, 1.54) is 32.1 Å². The molecule has 0 bridgehead atoms. The zero-order valence-electron chi connectivity index (χ0n) is 12.8. The molecule has 122 valence electrons. The van der Waals surface area contributed by atoms with Gasteiger partial charge < -0.3 is 10.7 Å². The summed E-state index contributed by atoms with van der Waals surface area (Å²) in [5, 5.41) is 0. The number of hydrogen-bond donors (Lipinski definition) is 3. The number of rotatable bonds is 10. The second kappa shape index (κ2) is 10.8. The van der Waals surface area contributed by atoms with Crippen molar-refractivity contribution in [3.8, 4) is 5.75 Å². The molecule has 0 saturated heterocycles. The lowest BCUT2D eigenvalue weighted by Gasteiger charge is -2.11. The van der Waals surface area contributed by atoms with Crippen LogP contribution in [0.5, 0.6) is 5.75 Å². The summed E-state index contributed by atoms with van der Waals surface area (Å²) in [6, 6.07) is 7.06. The Labute approximate surface area is 127 Å². The average Bonchev–Trinajstić information content (AvgIpc) is 2.38. The van der Waals surface area contributed by atoms with Gasteiger partial charge in [0.05, 0.1) is 0 Å². The van der Waals surface area contributed by atoms with Crippen molar-refractivity contribution in [2.45, 2.75) is 58.3 Å². The predicted octanol–water partition coefficient (Wildman–Crippen LogP) is 4.61. The third-order valence-electron chi connectivity index (χ3n) is 3.24. The van der Waals surface area contributed by atoms with E-state index in [-0.39, 0.29) is 6.15 Å². The molecule has 1 aromatic rings. The highest BCUT2D eigenvalue weighted by Crippen LogP contribution is 2.39. The first-order chi connectivity index (χ1) is 9.53. The van der Waals surface area contributed by atoms with Crippen LogP contribution in [0.1, 0.15) is 57.4 Å². The van der Waals surface area contributed by atoms with Gasteiger partial charge in [-0.1, -0.05) is 63.6 Å². The van der Waals surface area contributed by atoms with Crippen molar-refractivity contribution in [2.75, 3.05) is 0 Å². The minimum absolute atomic E-state index is 0. The van der Waals surface area contributed by atoms with Gasteiger partial charge in [-0.3, -0.25) is 9.79 Å². The van der Waals surface area contributed by atoms with E-state index in [9.17, 15) is 4.57 Å². The zero-order valence-corrected chi connectivity index (χ0v) is 13.7. The summed E-state index contributed by atoms with van der Waals surface area (Å²) < 4.78 is 15.6. The van der Waals surface area contributed by atoms with Crippen molar-refractivity contribution in [3.63, 3.8) is 0 Å². The molecule has 5 nitrogen and oxygen atoms in total. The van der Waals surface area contributed by atoms with Crippen LogP contribution < -0.4 is 10.7 Å². The van der Waals surface area contributed by atoms with Crippen LogP contribution in [0.3, 0.4) is 0 Å². The molecule has 0 spiro atoms. The van der Waals surface area contributed by atoms with Crippen molar-refractivity contribution in [2.24, 2.45) is 0 Å². The molecule has 6 heteroatoms. The summed E-state index contributed by atoms with van der Waals surface area (Å²) >= 11 is 0. The van der Waals surface area contributed by atoms with Gasteiger partial charge in [0.2, 0.25) is 0 Å². The van der Waals surface area contributed by atoms with Crippen LogP contribution in [-0.2, 0) is 11.0 Å². The van der Waals surface area contributed by atoms with Gasteiger partial charge in [-0.2, -0.15) is 0 Å². The Bertz CT molecular complexity index is 433. The first kappa shape index (κ1) is 20.1. The molecule has 0 aliphatic heterocycles. The topological polar surface area (TPSA) is 102 Å². The second-order valence-corrected chi connectivity index (χ2v) is 6.22. The molecule has 0 aliphatic carbocycles. The van der Waals surface area contributed by atoms with Crippen LogP contribution in [0, 0.1) is 0 Å². The van der Waals surface area contributed by atoms with Gasteiger partial charge in [-0.05, 0) is 24.5 Å². The van der Waals surface area contributed by atoms with E-state index >= 15 is 0 Å². The van der Waals surface area contributed by atoms with Gasteiger partial charge in [-0.25, -0.2) is 4.57 Å². The quantitative estimate of drug-likeness (QED) is 0.432. The molecule has 0 heterocycles. The van der Waals surface area contributed by atoms with E-state index < -0.39 is 7.82 Å². The molecule has 5 N–H and O–H groups in total. The Morgan fingerprint density at radius 3 is 2.19 bits per heavy atom. The summed E-state index contributed by atoms with van der Waals surface area (Å²) in [7, 11) is -4.47. The first-order valence-electron chi connectivity index (χ1n) is 7.36. The Balaban J connectivity index is 0.00000400. The van der Waals surface area contributed by atoms with Gasteiger partial charge in [0, 0.05) is 0 Å². The molecule has 0 saturated carbocycles. The largest absolute Gasteiger partial charge is 0.524 e. The summed E-state index contributed by atoms with van der Waals surface area (Å²) in [6.45, 7) is 2.21. The van der Waals surface area contributed by atoms with Gasteiger partial charge in [0.15, 0.2) is 0 Å². The van der Waals surface area contributed by atoms with E-state index in [2.05, 4.69) is 6.92 Å². The molecular formula is C15H28NO4P. The number of unbranched alkanes of at least 4 members (excludes halogenated alkanes) is 6. The molecule has 0 aromatic heterocycles. The van der Waals surface area contributed by atoms with Gasteiger partial charge in [-0.15, -0.1) is 0 Å². The molecule has 0 amide bonds. The van der Waals surface area contributed by atoms with Crippen LogP contribution >= 0.6 is 7.82 Å². The Morgan fingerprint density at radius 1 is 1.00 bits per heavy atom. The minimum atomic E-state index is -4.47. The van der Waals surface area contributed by atoms with Crippen LogP contribution in [0.25, 0.3) is 0 Å². The van der Waals surface area contributed by atoms with Crippen molar-refractivity contribution in [3.05, 3.63) is 29.8 Å². The fourth-order valence-electron chi connectivity index (χ4n) is 2.20. The van der Waals surface area contributed by atoms with Gasteiger partial charge in [0.1, 0.15) is 5.75 Å². The molecule has 1 aromatic carbocycles. The SMILES string of the molecule is CCCCCCCCCc1ccccc1OP(=O)(O)O.N. The van der Waals surface area contributed by atoms with E-state index in [1.807, 2.05) is 12.1 Å². The van der Waals surface area contributed by atoms with E-state index in [4.69, 9.17) is 14.3 Å². The number of phosphoric ester groups is 1. The van der Waals surface area contributed by atoms with Crippen LogP contribution in [-0.4, -0.2) is 9.79 Å². The number of benzene rings is 1. The lowest BCUT2D eigenvalue weighted by molar-refractivity contribution is 0.282. The van der Waals surface area contributed by atoms with Crippen LogP contribution in [0.4, 0.5) is 0 Å². The molecule has 0 radical (unpaired) electrons. The Kier molecular flexibility index (Phi) is 10.4. The van der Waals surface area contributed by atoms with E-state index in [0.717, 1.165) is 24.8 Å². The summed E-state index contributed by atoms with van der Waals surface area (Å²) in [6.07, 6.45) is 9.32. The number of hydrogen-bond acceptors (Lipinski definition) is 3. The number of aryl methyl sites for hydroxylation is 1. The molecule has 0 atom stereocenters. The maximum Gasteiger partial charge on any atom is 0.524 e. The lowest BCUT2D eigenvalue weighted by Crippen LogP contribution is -1.95. The summed E-state index contributed by atoms with van der Waals surface area (Å²) in [5.74, 6) is 0.298. The van der Waals surface area contributed by atoms with Gasteiger partial charge >= 0.3 is 7.82 Å². The molecule has 0 aliphatic rings. The number of para-hydroxylation sites is 1. The Hall–Kier alpha value is -0.870. The van der Waals surface area contributed by atoms with E-state index in [0.29, 0.717) is 5.75 Å². The van der Waals surface area contributed by atoms with Crippen LogP contribution in [0.2, 0.25) is 0 Å². The van der Waals surface area contributed by atoms with Crippen molar-refractivity contribution < 1.29 is 18.9 Å². The molecular weight excluding hydrogens is 289 g/mol. The van der Waals surface area contributed by atoms with E-state index in [1.54, 1.807) is 12.1 Å². The molecule has 0 unspecified atom stereocenters. The van der Waals surface area contributed by atoms with Crippen molar-refractivity contribution in [1.82, 2.24) is 6.15 Å². The average molecular weight is 317 g/mol. The highest BCUT2D eigenvalue weighted by atomic mass is 31.2. The highest BCUT2D eigenvalue weighted by molar-refractivity contribution is 7.46. The minimum Gasteiger partial charge on any atom is -0.404 e. The van der Waals surface area contributed by atoms with Crippen molar-refractivity contribution in [1.29, 1.82) is 0 Å². The second-order valence-electron chi connectivity index (χ2n) is 5.06. The normalized spacial score (nSPS) is 11.0. The fraction of sp³-hybridized carbons (Fsp3) is 0.600. The highest BCUT2D eigenvalue weighted by Gasteiger charge is 2.17. The maximum absolute atomic E-state index is 10.9. The van der Waals surface area contributed by atoms with Gasteiger partial charge in [0.25, 0.3) is 0 Å². The summed E-state index contributed by atoms with van der Waals surface area (Å²) in [5.41, 5.74) is 0.865. The third-order valence-corrected chi connectivity index (χ3v) is 3.67. The summed E-state index contributed by atoms with van der Waals surface area (Å²) in [4.78, 5) is 17.8. The molecule has 1 rings (SSSR count). The predicted molar refractivity (Wildman–Crippen MR) is 85.8 cm³/mol. The maximum atomic E-state index is 10.9. The molecule has 0 fully saturated rings.